The van der Waals surface area contributed by atoms with E-state index in [1.54, 1.807) is 6.20 Å². The van der Waals surface area contributed by atoms with Crippen molar-refractivity contribution in [3.63, 3.8) is 0 Å². The smallest absolute Gasteiger partial charge is 0.164 e. The highest BCUT2D eigenvalue weighted by Crippen LogP contribution is 2.18. The van der Waals surface area contributed by atoms with Gasteiger partial charge in [-0.25, -0.2) is 4.98 Å². The van der Waals surface area contributed by atoms with Gasteiger partial charge in [-0.15, -0.1) is 0 Å². The highest BCUT2D eigenvalue weighted by atomic mass is 16.1. The van der Waals surface area contributed by atoms with Gasteiger partial charge < -0.3 is 9.30 Å². The number of ketones is 1. The third-order valence-electron chi connectivity index (χ3n) is 2.71. The molecule has 0 aliphatic heterocycles. The number of hydrogen-bond acceptors (Lipinski definition) is 3. The van der Waals surface area contributed by atoms with Crippen molar-refractivity contribution >= 4 is 17.0 Å². The van der Waals surface area contributed by atoms with Crippen LogP contribution in [0.4, 0.5) is 0 Å². The van der Waals surface area contributed by atoms with Crippen LogP contribution in [-0.2, 0) is 4.79 Å². The second kappa shape index (κ2) is 5.04. The van der Waals surface area contributed by atoms with Crippen LogP contribution in [0.1, 0.15) is 18.9 Å². The molecule has 0 amide bonds. The Kier molecular flexibility index (Phi) is 3.46. The van der Waals surface area contributed by atoms with Gasteiger partial charge in [-0.1, -0.05) is 6.92 Å². The summed E-state index contributed by atoms with van der Waals surface area (Å²) >= 11 is 0. The molecule has 0 aromatic carbocycles. The Morgan fingerprint density at radius 2 is 2.22 bits per heavy atom. The SMILES string of the molecule is CCC(=O)/C(=C/N(C)C)c1ccc2nccn2c1. The fraction of sp³-hybridized carbons (Fsp3) is 0.286. The largest absolute Gasteiger partial charge is 0.383 e. The second-order valence-corrected chi connectivity index (χ2v) is 4.39. The Bertz CT molecular complexity index is 596. The average molecular weight is 243 g/mol. The Balaban J connectivity index is 2.50. The number of fused-ring (bicyclic) bond motifs is 1. The Labute approximate surface area is 107 Å². The number of carbonyl (C=O) groups is 1. The van der Waals surface area contributed by atoms with Crippen LogP contribution in [0.5, 0.6) is 0 Å². The molecule has 4 heteroatoms. The molecule has 2 heterocycles. The number of aromatic nitrogens is 2. The molecule has 0 saturated carbocycles. The fourth-order valence-electron chi connectivity index (χ4n) is 1.84. The van der Waals surface area contributed by atoms with E-state index in [0.29, 0.717) is 6.42 Å². The first kappa shape index (κ1) is 12.4. The number of carbonyl (C=O) groups excluding carboxylic acids is 1. The van der Waals surface area contributed by atoms with Crippen molar-refractivity contribution in [1.29, 1.82) is 0 Å². The molecule has 94 valence electrons. The van der Waals surface area contributed by atoms with Crippen LogP contribution < -0.4 is 0 Å². The van der Waals surface area contributed by atoms with Gasteiger partial charge in [0.05, 0.1) is 0 Å². The number of hydrogen-bond donors (Lipinski definition) is 0. The molecule has 2 aromatic rings. The Morgan fingerprint density at radius 1 is 1.44 bits per heavy atom. The van der Waals surface area contributed by atoms with Crippen molar-refractivity contribution in [3.05, 3.63) is 42.5 Å². The summed E-state index contributed by atoms with van der Waals surface area (Å²) in [6, 6.07) is 3.85. The predicted molar refractivity (Wildman–Crippen MR) is 72.2 cm³/mol. The van der Waals surface area contributed by atoms with Gasteiger partial charge in [0.15, 0.2) is 5.78 Å². The minimum atomic E-state index is 0.142. The summed E-state index contributed by atoms with van der Waals surface area (Å²) in [5.74, 6) is 0.142. The first-order valence-corrected chi connectivity index (χ1v) is 5.96. The van der Waals surface area contributed by atoms with Gasteiger partial charge >= 0.3 is 0 Å². The van der Waals surface area contributed by atoms with Crippen LogP contribution in [0.2, 0.25) is 0 Å². The van der Waals surface area contributed by atoms with Gasteiger partial charge in [0.1, 0.15) is 5.65 Å². The molecule has 0 bridgehead atoms. The Hall–Kier alpha value is -2.10. The monoisotopic (exact) mass is 243 g/mol. The molecule has 2 aromatic heterocycles. The van der Waals surface area contributed by atoms with Crippen molar-refractivity contribution in [2.75, 3.05) is 14.1 Å². The maximum Gasteiger partial charge on any atom is 0.164 e. The molecule has 0 saturated heterocycles. The zero-order valence-electron chi connectivity index (χ0n) is 10.9. The van der Waals surface area contributed by atoms with Crippen molar-refractivity contribution in [1.82, 2.24) is 14.3 Å². The van der Waals surface area contributed by atoms with Gasteiger partial charge in [0.25, 0.3) is 0 Å². The normalized spacial score (nSPS) is 11.8. The minimum absolute atomic E-state index is 0.142. The third-order valence-corrected chi connectivity index (χ3v) is 2.71. The van der Waals surface area contributed by atoms with E-state index in [9.17, 15) is 4.79 Å². The van der Waals surface area contributed by atoms with Crippen LogP contribution in [0, 0.1) is 0 Å². The van der Waals surface area contributed by atoms with E-state index in [1.165, 1.54) is 0 Å². The summed E-state index contributed by atoms with van der Waals surface area (Å²) in [6.07, 6.45) is 7.93. The maximum absolute atomic E-state index is 12.0. The van der Waals surface area contributed by atoms with E-state index >= 15 is 0 Å². The molecule has 0 radical (unpaired) electrons. The van der Waals surface area contributed by atoms with Crippen LogP contribution in [0.15, 0.2) is 36.9 Å². The number of imidazole rings is 1. The van der Waals surface area contributed by atoms with E-state index in [0.717, 1.165) is 16.8 Å². The summed E-state index contributed by atoms with van der Waals surface area (Å²) in [5, 5.41) is 0. The number of rotatable bonds is 4. The molecular formula is C14H17N3O. The average Bonchev–Trinajstić information content (AvgIpc) is 2.81. The molecule has 0 atom stereocenters. The number of allylic oxidation sites excluding steroid dienone is 1. The predicted octanol–water partition coefficient (Wildman–Crippen LogP) is 2.22. The highest BCUT2D eigenvalue weighted by molar-refractivity contribution is 6.20. The molecule has 0 fully saturated rings. The second-order valence-electron chi connectivity index (χ2n) is 4.39. The van der Waals surface area contributed by atoms with Gasteiger partial charge in [-0.05, 0) is 12.1 Å². The fourth-order valence-corrected chi connectivity index (χ4v) is 1.84. The van der Waals surface area contributed by atoms with Gasteiger partial charge in [0.2, 0.25) is 0 Å². The van der Waals surface area contributed by atoms with E-state index in [2.05, 4.69) is 4.98 Å². The van der Waals surface area contributed by atoms with Crippen molar-refractivity contribution < 1.29 is 4.79 Å². The molecule has 0 unspecified atom stereocenters. The van der Waals surface area contributed by atoms with E-state index < -0.39 is 0 Å². The van der Waals surface area contributed by atoms with Crippen LogP contribution in [0.25, 0.3) is 11.2 Å². The lowest BCUT2D eigenvalue weighted by molar-refractivity contribution is -0.113. The highest BCUT2D eigenvalue weighted by Gasteiger charge is 2.11. The summed E-state index contributed by atoms with van der Waals surface area (Å²) in [5.41, 5.74) is 2.53. The maximum atomic E-state index is 12.0. The van der Waals surface area contributed by atoms with Crippen molar-refractivity contribution in [2.24, 2.45) is 0 Å². The molecule has 2 rings (SSSR count). The van der Waals surface area contributed by atoms with E-state index in [-0.39, 0.29) is 5.78 Å². The van der Waals surface area contributed by atoms with Crippen LogP contribution in [-0.4, -0.2) is 34.2 Å². The molecule has 0 N–H and O–H groups in total. The van der Waals surface area contributed by atoms with Crippen LogP contribution in [0.3, 0.4) is 0 Å². The summed E-state index contributed by atoms with van der Waals surface area (Å²) in [6.45, 7) is 1.88. The lowest BCUT2D eigenvalue weighted by Crippen LogP contribution is -2.08. The first-order valence-electron chi connectivity index (χ1n) is 5.96. The van der Waals surface area contributed by atoms with Gasteiger partial charge in [-0.3, -0.25) is 4.79 Å². The van der Waals surface area contributed by atoms with E-state index in [1.807, 2.05) is 61.0 Å². The Morgan fingerprint density at radius 3 is 2.89 bits per heavy atom. The lowest BCUT2D eigenvalue weighted by Gasteiger charge is -2.11. The van der Waals surface area contributed by atoms with Crippen molar-refractivity contribution in [3.8, 4) is 0 Å². The molecule has 0 aliphatic carbocycles. The standard InChI is InChI=1S/C14H17N3O/c1-4-13(18)12(10-16(2)3)11-5-6-14-15-7-8-17(14)9-11/h5-10H,4H2,1-3H3/b12-10+. The van der Waals surface area contributed by atoms with E-state index in [4.69, 9.17) is 0 Å². The number of Topliss-reactive ketones (excluding diaryl/α,β-unsaturated/α-hetero) is 1. The molecule has 0 aliphatic rings. The van der Waals surface area contributed by atoms with Crippen LogP contribution >= 0.6 is 0 Å². The molecule has 4 nitrogen and oxygen atoms in total. The molecule has 0 spiro atoms. The summed E-state index contributed by atoms with van der Waals surface area (Å²) in [7, 11) is 3.83. The van der Waals surface area contributed by atoms with Gasteiger partial charge in [-0.2, -0.15) is 0 Å². The van der Waals surface area contributed by atoms with Gasteiger partial charge in [0, 0.05) is 56.4 Å². The zero-order chi connectivity index (χ0) is 13.1. The number of pyridine rings is 1. The minimum Gasteiger partial charge on any atom is -0.383 e. The summed E-state index contributed by atoms with van der Waals surface area (Å²) in [4.78, 5) is 18.1. The molecule has 18 heavy (non-hydrogen) atoms. The molecular weight excluding hydrogens is 226 g/mol. The quantitative estimate of drug-likeness (QED) is 0.773. The lowest BCUT2D eigenvalue weighted by atomic mass is 10.0. The third kappa shape index (κ3) is 2.42. The van der Waals surface area contributed by atoms with Crippen molar-refractivity contribution in [2.45, 2.75) is 13.3 Å². The number of nitrogens with zero attached hydrogens (tertiary/aromatic N) is 3. The topological polar surface area (TPSA) is 37.6 Å². The first-order chi connectivity index (χ1) is 8.61. The summed E-state index contributed by atoms with van der Waals surface area (Å²) < 4.78 is 1.92. The zero-order valence-corrected chi connectivity index (χ0v) is 10.9.